The highest BCUT2D eigenvalue weighted by atomic mass is 32.2. The molecule has 0 fully saturated rings. The van der Waals surface area contributed by atoms with E-state index in [0.29, 0.717) is 18.9 Å². The fourth-order valence-electron chi connectivity index (χ4n) is 2.54. The zero-order chi connectivity index (χ0) is 19.5. The number of aryl methyl sites for hydroxylation is 1. The summed E-state index contributed by atoms with van der Waals surface area (Å²) in [6.07, 6.45) is 1.48. The summed E-state index contributed by atoms with van der Waals surface area (Å²) in [4.78, 5) is 0.0338. The maximum atomic E-state index is 12.5. The average molecular weight is 402 g/mol. The number of rotatable bonds is 8. The van der Waals surface area contributed by atoms with E-state index in [1.807, 2.05) is 0 Å². The highest BCUT2D eigenvalue weighted by molar-refractivity contribution is 7.89. The summed E-state index contributed by atoms with van der Waals surface area (Å²) < 4.78 is 55.4. The SMILES string of the molecule is CCN(CC)S(=O)(=O)c1ccc(S(=O)(=O)N[C@@H](C)c2nncn2C)cc1. The van der Waals surface area contributed by atoms with Gasteiger partial charge in [0.2, 0.25) is 20.0 Å². The summed E-state index contributed by atoms with van der Waals surface area (Å²) >= 11 is 0. The lowest BCUT2D eigenvalue weighted by Gasteiger charge is -2.18. The smallest absolute Gasteiger partial charge is 0.243 e. The number of benzene rings is 1. The molecule has 0 spiro atoms. The highest BCUT2D eigenvalue weighted by Crippen LogP contribution is 2.20. The molecule has 1 aromatic carbocycles. The second-order valence-corrected chi connectivity index (χ2v) is 9.36. The maximum absolute atomic E-state index is 12.5. The maximum Gasteiger partial charge on any atom is 0.243 e. The van der Waals surface area contributed by atoms with Gasteiger partial charge in [0.15, 0.2) is 0 Å². The van der Waals surface area contributed by atoms with Crippen LogP contribution in [-0.4, -0.2) is 49.0 Å². The van der Waals surface area contributed by atoms with Crippen LogP contribution in [0.1, 0.15) is 32.6 Å². The molecule has 9 nitrogen and oxygen atoms in total. The zero-order valence-electron chi connectivity index (χ0n) is 15.1. The Balaban J connectivity index is 2.25. The highest BCUT2D eigenvalue weighted by Gasteiger charge is 2.24. The van der Waals surface area contributed by atoms with Crippen LogP contribution in [0.5, 0.6) is 0 Å². The third-order valence-electron chi connectivity index (χ3n) is 3.94. The third kappa shape index (κ3) is 4.11. The van der Waals surface area contributed by atoms with Crippen molar-refractivity contribution >= 4 is 20.0 Å². The minimum Gasteiger partial charge on any atom is -0.319 e. The van der Waals surface area contributed by atoms with Crippen LogP contribution in [0.15, 0.2) is 40.4 Å². The molecule has 1 heterocycles. The first-order valence-corrected chi connectivity index (χ1v) is 11.0. The Morgan fingerprint density at radius 3 is 2.08 bits per heavy atom. The topological polar surface area (TPSA) is 114 Å². The van der Waals surface area contributed by atoms with Crippen LogP contribution in [0.3, 0.4) is 0 Å². The number of hydrogen-bond acceptors (Lipinski definition) is 6. The van der Waals surface area contributed by atoms with Crippen LogP contribution in [-0.2, 0) is 27.1 Å². The molecule has 2 aromatic rings. The molecule has 0 aliphatic heterocycles. The van der Waals surface area contributed by atoms with E-state index in [-0.39, 0.29) is 9.79 Å². The molecule has 0 saturated carbocycles. The summed E-state index contributed by atoms with van der Waals surface area (Å²) in [6.45, 7) is 5.83. The van der Waals surface area contributed by atoms with Gasteiger partial charge in [-0.3, -0.25) is 0 Å². The minimum atomic E-state index is -3.84. The molecule has 26 heavy (non-hydrogen) atoms. The lowest BCUT2D eigenvalue weighted by Crippen LogP contribution is -2.31. The van der Waals surface area contributed by atoms with Gasteiger partial charge in [0.1, 0.15) is 12.2 Å². The van der Waals surface area contributed by atoms with Crippen LogP contribution in [0.2, 0.25) is 0 Å². The Kier molecular flexibility index (Phi) is 6.17. The summed E-state index contributed by atoms with van der Waals surface area (Å²) in [6, 6.07) is 4.57. The van der Waals surface area contributed by atoms with Crippen molar-refractivity contribution in [3.05, 3.63) is 36.4 Å². The molecule has 1 aromatic heterocycles. The molecular weight excluding hydrogens is 378 g/mol. The largest absolute Gasteiger partial charge is 0.319 e. The Morgan fingerprint density at radius 2 is 1.62 bits per heavy atom. The van der Waals surface area contributed by atoms with Gasteiger partial charge in [0.25, 0.3) is 0 Å². The number of nitrogens with one attached hydrogen (secondary N) is 1. The van der Waals surface area contributed by atoms with E-state index in [4.69, 9.17) is 0 Å². The van der Waals surface area contributed by atoms with E-state index < -0.39 is 26.1 Å². The average Bonchev–Trinajstić information content (AvgIpc) is 3.01. The molecule has 2 rings (SSSR count). The molecule has 0 radical (unpaired) electrons. The van der Waals surface area contributed by atoms with Gasteiger partial charge in [-0.1, -0.05) is 13.8 Å². The molecule has 144 valence electrons. The molecule has 0 bridgehead atoms. The van der Waals surface area contributed by atoms with E-state index in [0.717, 1.165) is 0 Å². The van der Waals surface area contributed by atoms with Crippen molar-refractivity contribution in [1.29, 1.82) is 0 Å². The lowest BCUT2D eigenvalue weighted by atomic mass is 10.3. The molecule has 1 N–H and O–H groups in total. The number of hydrogen-bond donors (Lipinski definition) is 1. The van der Waals surface area contributed by atoms with Gasteiger partial charge < -0.3 is 4.57 Å². The predicted octanol–water partition coefficient (Wildman–Crippen LogP) is 0.885. The van der Waals surface area contributed by atoms with E-state index in [1.54, 1.807) is 32.4 Å². The summed E-state index contributed by atoms with van der Waals surface area (Å²) in [7, 11) is -5.75. The van der Waals surface area contributed by atoms with E-state index in [9.17, 15) is 16.8 Å². The fourth-order valence-corrected chi connectivity index (χ4v) is 5.20. The lowest BCUT2D eigenvalue weighted by molar-refractivity contribution is 0.445. The normalized spacial score (nSPS) is 13.9. The fraction of sp³-hybridized carbons (Fsp3) is 0.467. The summed E-state index contributed by atoms with van der Waals surface area (Å²) in [5.41, 5.74) is 0. The Hall–Kier alpha value is -1.82. The number of sulfonamides is 2. The summed E-state index contributed by atoms with van der Waals surface area (Å²) in [5.74, 6) is 0.467. The first-order chi connectivity index (χ1) is 12.1. The monoisotopic (exact) mass is 401 g/mol. The van der Waals surface area contributed by atoms with Crippen LogP contribution in [0, 0.1) is 0 Å². The Bertz CT molecular complexity index is 948. The van der Waals surface area contributed by atoms with Crippen LogP contribution < -0.4 is 4.72 Å². The molecular formula is C15H23N5O4S2. The Labute approximate surface area is 154 Å². The van der Waals surface area contributed by atoms with Gasteiger partial charge in [-0.2, -0.15) is 4.31 Å². The van der Waals surface area contributed by atoms with Crippen molar-refractivity contribution < 1.29 is 16.8 Å². The van der Waals surface area contributed by atoms with Crippen molar-refractivity contribution in [2.45, 2.75) is 36.6 Å². The van der Waals surface area contributed by atoms with Gasteiger partial charge >= 0.3 is 0 Å². The first-order valence-electron chi connectivity index (χ1n) is 8.10. The van der Waals surface area contributed by atoms with Gasteiger partial charge in [0.05, 0.1) is 15.8 Å². The van der Waals surface area contributed by atoms with E-state index in [2.05, 4.69) is 14.9 Å². The summed E-state index contributed by atoms with van der Waals surface area (Å²) in [5, 5.41) is 7.60. The van der Waals surface area contributed by atoms with Crippen molar-refractivity contribution in [1.82, 2.24) is 23.8 Å². The van der Waals surface area contributed by atoms with Crippen molar-refractivity contribution in [3.63, 3.8) is 0 Å². The van der Waals surface area contributed by atoms with E-state index >= 15 is 0 Å². The van der Waals surface area contributed by atoms with Crippen LogP contribution in [0.25, 0.3) is 0 Å². The number of nitrogens with zero attached hydrogens (tertiary/aromatic N) is 4. The standard InChI is InChI=1S/C15H23N5O4S2/c1-5-20(6-2)26(23,24)14-9-7-13(8-10-14)25(21,22)18-12(3)15-17-16-11-19(15)4/h7-12,18H,5-6H2,1-4H3/t12-/m0/s1. The number of aromatic nitrogens is 3. The van der Waals surface area contributed by atoms with Crippen molar-refractivity contribution in [2.75, 3.05) is 13.1 Å². The van der Waals surface area contributed by atoms with Crippen LogP contribution in [0.4, 0.5) is 0 Å². The predicted molar refractivity (Wildman–Crippen MR) is 96.3 cm³/mol. The minimum absolute atomic E-state index is 0.0231. The Morgan fingerprint density at radius 1 is 1.08 bits per heavy atom. The molecule has 11 heteroatoms. The third-order valence-corrected chi connectivity index (χ3v) is 7.56. The molecule has 0 saturated heterocycles. The second-order valence-electron chi connectivity index (χ2n) is 5.70. The van der Waals surface area contributed by atoms with Crippen molar-refractivity contribution in [2.24, 2.45) is 7.05 Å². The molecule has 0 amide bonds. The van der Waals surface area contributed by atoms with Gasteiger partial charge in [-0.15, -0.1) is 10.2 Å². The molecule has 1 atom stereocenters. The quantitative estimate of drug-likeness (QED) is 0.702. The zero-order valence-corrected chi connectivity index (χ0v) is 16.7. The molecule has 0 unspecified atom stereocenters. The molecule has 0 aliphatic rings. The second kappa shape index (κ2) is 7.82. The van der Waals surface area contributed by atoms with Crippen molar-refractivity contribution in [3.8, 4) is 0 Å². The molecule has 0 aliphatic carbocycles. The van der Waals surface area contributed by atoms with Gasteiger partial charge in [0, 0.05) is 20.1 Å². The van der Waals surface area contributed by atoms with E-state index in [1.165, 1.54) is 34.9 Å². The van der Waals surface area contributed by atoms with Crippen LogP contribution >= 0.6 is 0 Å². The first kappa shape index (κ1) is 20.5. The van der Waals surface area contributed by atoms with Gasteiger partial charge in [-0.25, -0.2) is 21.6 Å². The van der Waals surface area contributed by atoms with Gasteiger partial charge in [-0.05, 0) is 31.2 Å².